The van der Waals surface area contributed by atoms with E-state index in [2.05, 4.69) is 5.32 Å². The van der Waals surface area contributed by atoms with Gasteiger partial charge < -0.3 is 15.8 Å². The van der Waals surface area contributed by atoms with Crippen molar-refractivity contribution < 1.29 is 14.5 Å². The van der Waals surface area contributed by atoms with Gasteiger partial charge in [0.15, 0.2) is 0 Å². The van der Waals surface area contributed by atoms with Crippen molar-refractivity contribution in [3.8, 4) is 0 Å². The number of carbonyl (C=O) groups excluding carboxylic acids is 1. The Bertz CT molecular complexity index is 575. The zero-order chi connectivity index (χ0) is 14.3. The highest BCUT2D eigenvalue weighted by molar-refractivity contribution is 5.96. The molecule has 2 bridgehead atoms. The SMILES string of the molecule is Nc1cc(C(=O)NC2CC3CCC2O3)ccc1[N+](=O)[O-]. The van der Waals surface area contributed by atoms with Gasteiger partial charge in [0, 0.05) is 11.6 Å². The van der Waals surface area contributed by atoms with Crippen molar-refractivity contribution in [1.82, 2.24) is 5.32 Å². The van der Waals surface area contributed by atoms with Gasteiger partial charge in [0.05, 0.1) is 23.2 Å². The quantitative estimate of drug-likeness (QED) is 0.491. The number of nitrogens with two attached hydrogens (primary N) is 1. The van der Waals surface area contributed by atoms with Gasteiger partial charge in [0.25, 0.3) is 11.6 Å². The summed E-state index contributed by atoms with van der Waals surface area (Å²) in [6.45, 7) is 0. The molecule has 2 aliphatic rings. The third-order valence-corrected chi connectivity index (χ3v) is 3.91. The molecule has 2 aliphatic heterocycles. The minimum Gasteiger partial charge on any atom is -0.393 e. The third-order valence-electron chi connectivity index (χ3n) is 3.91. The monoisotopic (exact) mass is 277 g/mol. The Balaban J connectivity index is 1.71. The van der Waals surface area contributed by atoms with Crippen LogP contribution in [0.25, 0.3) is 0 Å². The maximum atomic E-state index is 12.1. The van der Waals surface area contributed by atoms with Gasteiger partial charge in [-0.3, -0.25) is 14.9 Å². The van der Waals surface area contributed by atoms with E-state index in [0.717, 1.165) is 19.3 Å². The van der Waals surface area contributed by atoms with Crippen molar-refractivity contribution in [2.24, 2.45) is 0 Å². The number of nitrogens with one attached hydrogen (secondary N) is 1. The van der Waals surface area contributed by atoms with Gasteiger partial charge in [-0.25, -0.2) is 0 Å². The first-order chi connectivity index (χ1) is 9.54. The fourth-order valence-electron chi connectivity index (χ4n) is 2.90. The van der Waals surface area contributed by atoms with Crippen LogP contribution in [0.4, 0.5) is 11.4 Å². The molecule has 0 saturated carbocycles. The molecule has 2 saturated heterocycles. The maximum absolute atomic E-state index is 12.1. The number of hydrogen-bond donors (Lipinski definition) is 2. The van der Waals surface area contributed by atoms with Crippen LogP contribution in [-0.2, 0) is 4.74 Å². The van der Waals surface area contributed by atoms with Crippen LogP contribution in [0.3, 0.4) is 0 Å². The number of nitro groups is 1. The van der Waals surface area contributed by atoms with Gasteiger partial charge in [0.2, 0.25) is 0 Å². The molecule has 3 unspecified atom stereocenters. The van der Waals surface area contributed by atoms with Crippen LogP contribution < -0.4 is 11.1 Å². The third kappa shape index (κ3) is 2.20. The number of fused-ring (bicyclic) bond motifs is 2. The lowest BCUT2D eigenvalue weighted by Gasteiger charge is -2.20. The Hall–Kier alpha value is -2.15. The zero-order valence-corrected chi connectivity index (χ0v) is 10.7. The summed E-state index contributed by atoms with van der Waals surface area (Å²) in [6, 6.07) is 4.03. The number of amides is 1. The normalized spacial score (nSPS) is 27.5. The minimum absolute atomic E-state index is 0.00755. The fraction of sp³-hybridized carbons (Fsp3) is 0.462. The Morgan fingerprint density at radius 1 is 1.45 bits per heavy atom. The molecule has 20 heavy (non-hydrogen) atoms. The second-order valence-electron chi connectivity index (χ2n) is 5.22. The Morgan fingerprint density at radius 2 is 2.25 bits per heavy atom. The average molecular weight is 277 g/mol. The lowest BCUT2D eigenvalue weighted by atomic mass is 9.95. The number of hydrogen-bond acceptors (Lipinski definition) is 5. The Morgan fingerprint density at radius 3 is 2.80 bits per heavy atom. The molecule has 1 amide bonds. The van der Waals surface area contributed by atoms with Crippen LogP contribution in [0.1, 0.15) is 29.6 Å². The zero-order valence-electron chi connectivity index (χ0n) is 10.7. The standard InChI is InChI=1S/C13H15N3O4/c14-9-5-7(1-3-11(9)16(18)19)13(17)15-10-6-8-2-4-12(10)20-8/h1,3,5,8,10,12H,2,4,6,14H2,(H,15,17). The molecule has 2 fully saturated rings. The molecule has 0 aromatic heterocycles. The molecule has 3 atom stereocenters. The highest BCUT2D eigenvalue weighted by Gasteiger charge is 2.41. The van der Waals surface area contributed by atoms with Crippen LogP contribution in [0.5, 0.6) is 0 Å². The largest absolute Gasteiger partial charge is 0.393 e. The van der Waals surface area contributed by atoms with E-state index in [1.807, 2.05) is 0 Å². The van der Waals surface area contributed by atoms with Crippen molar-refractivity contribution in [2.45, 2.75) is 37.5 Å². The van der Waals surface area contributed by atoms with Gasteiger partial charge >= 0.3 is 0 Å². The summed E-state index contributed by atoms with van der Waals surface area (Å²) in [5.41, 5.74) is 5.71. The van der Waals surface area contributed by atoms with Crippen molar-refractivity contribution in [3.05, 3.63) is 33.9 Å². The van der Waals surface area contributed by atoms with E-state index in [4.69, 9.17) is 10.5 Å². The predicted molar refractivity (Wildman–Crippen MR) is 71.3 cm³/mol. The van der Waals surface area contributed by atoms with Crippen LogP contribution >= 0.6 is 0 Å². The number of nitrogen functional groups attached to an aromatic ring is 1. The van der Waals surface area contributed by atoms with Crippen molar-refractivity contribution in [2.75, 3.05) is 5.73 Å². The number of benzene rings is 1. The first-order valence-electron chi connectivity index (χ1n) is 6.55. The highest BCUT2D eigenvalue weighted by atomic mass is 16.6. The maximum Gasteiger partial charge on any atom is 0.292 e. The summed E-state index contributed by atoms with van der Waals surface area (Å²) >= 11 is 0. The Labute approximate surface area is 115 Å². The molecule has 3 rings (SSSR count). The smallest absolute Gasteiger partial charge is 0.292 e. The predicted octanol–water partition coefficient (Wildman–Crippen LogP) is 1.23. The lowest BCUT2D eigenvalue weighted by molar-refractivity contribution is -0.383. The first kappa shape index (κ1) is 12.9. The van der Waals surface area contributed by atoms with E-state index >= 15 is 0 Å². The van der Waals surface area contributed by atoms with Crippen LogP contribution in [0, 0.1) is 10.1 Å². The Kier molecular flexibility index (Phi) is 3.06. The first-order valence-corrected chi connectivity index (χ1v) is 6.55. The second kappa shape index (κ2) is 4.75. The van der Waals surface area contributed by atoms with Crippen molar-refractivity contribution >= 4 is 17.3 Å². The average Bonchev–Trinajstić information content (AvgIpc) is 3.00. The molecule has 0 aliphatic carbocycles. The molecule has 2 heterocycles. The molecule has 1 aromatic carbocycles. The summed E-state index contributed by atoms with van der Waals surface area (Å²) in [5, 5.41) is 13.6. The van der Waals surface area contributed by atoms with E-state index in [-0.39, 0.29) is 35.5 Å². The van der Waals surface area contributed by atoms with Gasteiger partial charge in [-0.15, -0.1) is 0 Å². The summed E-state index contributed by atoms with van der Waals surface area (Å²) in [5.74, 6) is -0.271. The van der Waals surface area contributed by atoms with Crippen LogP contribution in [0.2, 0.25) is 0 Å². The van der Waals surface area contributed by atoms with Gasteiger partial charge in [-0.05, 0) is 31.4 Å². The van der Waals surface area contributed by atoms with E-state index in [9.17, 15) is 14.9 Å². The van der Waals surface area contributed by atoms with E-state index in [0.29, 0.717) is 5.56 Å². The van der Waals surface area contributed by atoms with E-state index in [1.165, 1.54) is 18.2 Å². The van der Waals surface area contributed by atoms with Gasteiger partial charge in [-0.1, -0.05) is 0 Å². The van der Waals surface area contributed by atoms with Crippen molar-refractivity contribution in [1.29, 1.82) is 0 Å². The highest BCUT2D eigenvalue weighted by Crippen LogP contribution is 2.34. The fourth-order valence-corrected chi connectivity index (χ4v) is 2.90. The van der Waals surface area contributed by atoms with Crippen molar-refractivity contribution in [3.63, 3.8) is 0 Å². The number of nitro benzene ring substituents is 1. The molecule has 1 aromatic rings. The van der Waals surface area contributed by atoms with Crippen LogP contribution in [-0.4, -0.2) is 29.1 Å². The van der Waals surface area contributed by atoms with Crippen LogP contribution in [0.15, 0.2) is 18.2 Å². The topological polar surface area (TPSA) is 107 Å². The van der Waals surface area contributed by atoms with Gasteiger partial charge in [0.1, 0.15) is 5.69 Å². The number of ether oxygens (including phenoxy) is 1. The lowest BCUT2D eigenvalue weighted by Crippen LogP contribution is -2.41. The van der Waals surface area contributed by atoms with E-state index < -0.39 is 4.92 Å². The number of carbonyl (C=O) groups is 1. The van der Waals surface area contributed by atoms with E-state index in [1.54, 1.807) is 0 Å². The molecule has 7 nitrogen and oxygen atoms in total. The molecular formula is C13H15N3O4. The minimum atomic E-state index is -0.569. The number of rotatable bonds is 3. The molecular weight excluding hydrogens is 262 g/mol. The molecule has 0 radical (unpaired) electrons. The summed E-state index contributed by atoms with van der Waals surface area (Å²) in [6.07, 6.45) is 3.21. The van der Waals surface area contributed by atoms with Gasteiger partial charge in [-0.2, -0.15) is 0 Å². The summed E-state index contributed by atoms with van der Waals surface area (Å²) < 4.78 is 5.67. The molecule has 7 heteroatoms. The molecule has 0 spiro atoms. The summed E-state index contributed by atoms with van der Waals surface area (Å²) in [7, 11) is 0. The molecule has 3 N–H and O–H groups in total. The number of anilines is 1. The number of nitrogens with zero attached hydrogens (tertiary/aromatic N) is 1. The summed E-state index contributed by atoms with van der Waals surface area (Å²) in [4.78, 5) is 22.2. The second-order valence-corrected chi connectivity index (χ2v) is 5.22. The molecule has 106 valence electrons.